The molecule has 0 saturated heterocycles. The number of hydrogen-bond acceptors (Lipinski definition) is 2. The summed E-state index contributed by atoms with van der Waals surface area (Å²) in [6.45, 7) is 2.66. The van der Waals surface area contributed by atoms with Crippen molar-refractivity contribution in [2.75, 3.05) is 11.9 Å². The molecule has 2 aromatic carbocycles. The average molecular weight is 315 g/mol. The molecular weight excluding hydrogens is 300 g/mol. The number of nitrogens with zero attached hydrogens (tertiary/aromatic N) is 1. The summed E-state index contributed by atoms with van der Waals surface area (Å²) in [6.07, 6.45) is 0. The lowest BCUT2D eigenvalue weighted by Crippen LogP contribution is -2.11. The first-order valence-corrected chi connectivity index (χ1v) is 6.94. The number of anilines is 1. The van der Waals surface area contributed by atoms with Gasteiger partial charge in [-0.3, -0.25) is 0 Å². The van der Waals surface area contributed by atoms with Gasteiger partial charge in [-0.05, 0) is 30.2 Å². The molecule has 19 heavy (non-hydrogen) atoms. The van der Waals surface area contributed by atoms with Gasteiger partial charge in [0.25, 0.3) is 0 Å². The molecule has 0 aliphatic carbocycles. The van der Waals surface area contributed by atoms with Crippen LogP contribution >= 0.6 is 15.9 Å². The lowest BCUT2D eigenvalue weighted by atomic mass is 10.0. The van der Waals surface area contributed by atoms with E-state index in [4.69, 9.17) is 0 Å². The van der Waals surface area contributed by atoms with E-state index < -0.39 is 0 Å². The zero-order chi connectivity index (χ0) is 13.7. The van der Waals surface area contributed by atoms with Gasteiger partial charge in [0.05, 0.1) is 12.0 Å². The fourth-order valence-corrected chi connectivity index (χ4v) is 2.28. The van der Waals surface area contributed by atoms with Crippen molar-refractivity contribution in [1.82, 2.24) is 0 Å². The van der Waals surface area contributed by atoms with Crippen LogP contribution in [0.3, 0.4) is 0 Å². The Hall–Kier alpha value is -1.79. The molecule has 0 fully saturated rings. The lowest BCUT2D eigenvalue weighted by molar-refractivity contribution is 0.899. The van der Waals surface area contributed by atoms with Crippen molar-refractivity contribution in [3.63, 3.8) is 0 Å². The molecule has 0 radical (unpaired) electrons. The van der Waals surface area contributed by atoms with Crippen LogP contribution < -0.4 is 5.32 Å². The maximum Gasteiger partial charge on any atom is 0.0885 e. The van der Waals surface area contributed by atoms with Gasteiger partial charge in [-0.2, -0.15) is 5.26 Å². The van der Waals surface area contributed by atoms with Gasteiger partial charge < -0.3 is 5.32 Å². The normalized spacial score (nSPS) is 11.6. The number of rotatable bonds is 4. The van der Waals surface area contributed by atoms with Gasteiger partial charge in [0, 0.05) is 16.7 Å². The summed E-state index contributed by atoms with van der Waals surface area (Å²) >= 11 is 3.46. The SMILES string of the molecule is Cc1ccc(Br)cc1NCC(C#N)c1ccccc1. The molecule has 1 atom stereocenters. The van der Waals surface area contributed by atoms with Gasteiger partial charge in [0.2, 0.25) is 0 Å². The standard InChI is InChI=1S/C16H15BrN2/c1-12-7-8-15(17)9-16(12)19-11-14(10-18)13-5-3-2-4-6-13/h2-9,14,19H,11H2,1H3. The smallest absolute Gasteiger partial charge is 0.0885 e. The Balaban J connectivity index is 2.09. The van der Waals surface area contributed by atoms with Crippen LogP contribution in [0.2, 0.25) is 0 Å². The molecule has 2 nitrogen and oxygen atoms in total. The Morgan fingerprint density at radius 2 is 1.95 bits per heavy atom. The van der Waals surface area contributed by atoms with Gasteiger partial charge in [0.15, 0.2) is 0 Å². The Bertz CT molecular complexity index is 587. The number of halogens is 1. The summed E-state index contributed by atoms with van der Waals surface area (Å²) in [5.74, 6) is -0.139. The number of nitrogens with one attached hydrogen (secondary N) is 1. The van der Waals surface area contributed by atoms with E-state index in [9.17, 15) is 5.26 Å². The van der Waals surface area contributed by atoms with E-state index >= 15 is 0 Å². The molecule has 96 valence electrons. The highest BCUT2D eigenvalue weighted by atomic mass is 79.9. The molecule has 0 aromatic heterocycles. The molecule has 0 aliphatic rings. The second-order valence-corrected chi connectivity index (χ2v) is 5.35. The zero-order valence-electron chi connectivity index (χ0n) is 10.7. The van der Waals surface area contributed by atoms with E-state index in [0.717, 1.165) is 15.7 Å². The molecule has 1 N–H and O–H groups in total. The van der Waals surface area contributed by atoms with Crippen molar-refractivity contribution in [2.24, 2.45) is 0 Å². The van der Waals surface area contributed by atoms with Crippen LogP contribution in [0.15, 0.2) is 53.0 Å². The molecule has 3 heteroatoms. The molecule has 2 aromatic rings. The third kappa shape index (κ3) is 3.59. The monoisotopic (exact) mass is 314 g/mol. The Morgan fingerprint density at radius 1 is 1.21 bits per heavy atom. The summed E-state index contributed by atoms with van der Waals surface area (Å²) in [6, 6.07) is 18.3. The number of hydrogen-bond donors (Lipinski definition) is 1. The predicted molar refractivity (Wildman–Crippen MR) is 82.2 cm³/mol. The highest BCUT2D eigenvalue weighted by molar-refractivity contribution is 9.10. The highest BCUT2D eigenvalue weighted by Gasteiger charge is 2.10. The van der Waals surface area contributed by atoms with E-state index in [1.54, 1.807) is 0 Å². The molecule has 0 bridgehead atoms. The van der Waals surface area contributed by atoms with Gasteiger partial charge >= 0.3 is 0 Å². The summed E-state index contributed by atoms with van der Waals surface area (Å²) in [5.41, 5.74) is 3.28. The maximum atomic E-state index is 9.28. The summed E-state index contributed by atoms with van der Waals surface area (Å²) < 4.78 is 1.04. The summed E-state index contributed by atoms with van der Waals surface area (Å²) in [4.78, 5) is 0. The van der Waals surface area contributed by atoms with E-state index in [1.807, 2.05) is 42.5 Å². The third-order valence-corrected chi connectivity index (χ3v) is 3.55. The predicted octanol–water partition coefficient (Wildman–Crippen LogP) is 4.48. The van der Waals surface area contributed by atoms with Crippen LogP contribution in [0.1, 0.15) is 17.0 Å². The average Bonchev–Trinajstić information content (AvgIpc) is 2.44. The molecule has 0 saturated carbocycles. The van der Waals surface area contributed by atoms with Crippen LogP contribution in [0.4, 0.5) is 5.69 Å². The molecule has 0 spiro atoms. The van der Waals surface area contributed by atoms with Crippen LogP contribution in [-0.4, -0.2) is 6.54 Å². The first kappa shape index (κ1) is 13.6. The Labute approximate surface area is 122 Å². The second-order valence-electron chi connectivity index (χ2n) is 4.43. The minimum Gasteiger partial charge on any atom is -0.383 e. The quantitative estimate of drug-likeness (QED) is 0.903. The molecule has 0 heterocycles. The number of benzene rings is 2. The maximum absolute atomic E-state index is 9.28. The lowest BCUT2D eigenvalue weighted by Gasteiger charge is -2.14. The van der Waals surface area contributed by atoms with Crippen molar-refractivity contribution in [1.29, 1.82) is 5.26 Å². The zero-order valence-corrected chi connectivity index (χ0v) is 12.3. The first-order chi connectivity index (χ1) is 9.20. The van der Waals surface area contributed by atoms with Gasteiger partial charge in [0.1, 0.15) is 0 Å². The fourth-order valence-electron chi connectivity index (χ4n) is 1.92. The molecule has 2 rings (SSSR count). The van der Waals surface area contributed by atoms with Crippen molar-refractivity contribution in [2.45, 2.75) is 12.8 Å². The minimum absolute atomic E-state index is 0.139. The Morgan fingerprint density at radius 3 is 2.63 bits per heavy atom. The van der Waals surface area contributed by atoms with Crippen molar-refractivity contribution in [3.05, 3.63) is 64.1 Å². The number of aryl methyl sites for hydroxylation is 1. The van der Waals surface area contributed by atoms with Crippen LogP contribution in [0.5, 0.6) is 0 Å². The second kappa shape index (κ2) is 6.40. The highest BCUT2D eigenvalue weighted by Crippen LogP contribution is 2.22. The number of nitriles is 1. The van der Waals surface area contributed by atoms with Gasteiger partial charge in [-0.25, -0.2) is 0 Å². The Kier molecular flexibility index (Phi) is 4.59. The molecular formula is C16H15BrN2. The van der Waals surface area contributed by atoms with Crippen molar-refractivity contribution < 1.29 is 0 Å². The first-order valence-electron chi connectivity index (χ1n) is 6.15. The van der Waals surface area contributed by atoms with Crippen LogP contribution in [0.25, 0.3) is 0 Å². The molecule has 0 aliphatic heterocycles. The molecule has 0 amide bonds. The van der Waals surface area contributed by atoms with E-state index in [-0.39, 0.29) is 5.92 Å². The topological polar surface area (TPSA) is 35.8 Å². The van der Waals surface area contributed by atoms with E-state index in [0.29, 0.717) is 6.54 Å². The van der Waals surface area contributed by atoms with Crippen LogP contribution in [0, 0.1) is 18.3 Å². The summed E-state index contributed by atoms with van der Waals surface area (Å²) in [5, 5.41) is 12.6. The molecule has 1 unspecified atom stereocenters. The summed E-state index contributed by atoms with van der Waals surface area (Å²) in [7, 11) is 0. The van der Waals surface area contributed by atoms with Crippen molar-refractivity contribution >= 4 is 21.6 Å². The van der Waals surface area contributed by atoms with Crippen molar-refractivity contribution in [3.8, 4) is 6.07 Å². The minimum atomic E-state index is -0.139. The van der Waals surface area contributed by atoms with E-state index in [2.05, 4.69) is 40.3 Å². The van der Waals surface area contributed by atoms with Gasteiger partial charge in [-0.1, -0.05) is 52.3 Å². The largest absolute Gasteiger partial charge is 0.383 e. The van der Waals surface area contributed by atoms with Crippen LogP contribution in [-0.2, 0) is 0 Å². The van der Waals surface area contributed by atoms with Gasteiger partial charge in [-0.15, -0.1) is 0 Å². The fraction of sp³-hybridized carbons (Fsp3) is 0.188. The van der Waals surface area contributed by atoms with E-state index in [1.165, 1.54) is 5.56 Å². The third-order valence-electron chi connectivity index (χ3n) is 3.05.